The Balaban J connectivity index is 2.11. The second-order valence-electron chi connectivity index (χ2n) is 3.78. The van der Waals surface area contributed by atoms with Gasteiger partial charge in [0.2, 0.25) is 10.0 Å². The Hall–Kier alpha value is -2.46. The van der Waals surface area contributed by atoms with Crippen LogP contribution in [0.15, 0.2) is 42.6 Å². The van der Waals surface area contributed by atoms with E-state index in [0.717, 1.165) is 0 Å². The topological polar surface area (TPSA) is 95.7 Å². The lowest BCUT2D eigenvalue weighted by atomic mass is 10.2. The van der Waals surface area contributed by atoms with E-state index in [1.165, 1.54) is 12.3 Å². The van der Waals surface area contributed by atoms with Crippen molar-refractivity contribution in [1.82, 2.24) is 10.2 Å². The number of nitriles is 1. The fraction of sp³-hybridized carbons (Fsp3) is 0.0833. The summed E-state index contributed by atoms with van der Waals surface area (Å²) in [5.74, 6) is -0.00825. The lowest BCUT2D eigenvalue weighted by molar-refractivity contribution is 0.600. The standard InChI is InChI=1S/C12H10N4O2S/c13-8-10-3-5-11(6-4-10)9-19(17,18)16-12-2-1-7-14-15-12/h1-7H,9H2,(H,15,16). The summed E-state index contributed by atoms with van der Waals surface area (Å²) in [7, 11) is -3.54. The van der Waals surface area contributed by atoms with Gasteiger partial charge in [0.15, 0.2) is 5.82 Å². The first-order valence-electron chi connectivity index (χ1n) is 5.36. The van der Waals surface area contributed by atoms with Crippen LogP contribution >= 0.6 is 0 Å². The van der Waals surface area contributed by atoms with Gasteiger partial charge in [-0.1, -0.05) is 12.1 Å². The summed E-state index contributed by atoms with van der Waals surface area (Å²) >= 11 is 0. The molecule has 2 aromatic rings. The highest BCUT2D eigenvalue weighted by Crippen LogP contribution is 2.10. The van der Waals surface area contributed by atoms with Crippen LogP contribution in [0.4, 0.5) is 5.82 Å². The van der Waals surface area contributed by atoms with E-state index in [1.807, 2.05) is 6.07 Å². The number of anilines is 1. The smallest absolute Gasteiger partial charge is 0.238 e. The molecule has 19 heavy (non-hydrogen) atoms. The zero-order valence-electron chi connectivity index (χ0n) is 9.81. The second kappa shape index (κ2) is 5.46. The molecule has 0 aliphatic heterocycles. The number of benzene rings is 1. The molecule has 1 heterocycles. The minimum atomic E-state index is -3.54. The van der Waals surface area contributed by atoms with E-state index < -0.39 is 10.0 Å². The molecule has 0 spiro atoms. The number of rotatable bonds is 4. The molecular weight excluding hydrogens is 264 g/mol. The molecule has 0 saturated carbocycles. The van der Waals surface area contributed by atoms with Gasteiger partial charge in [0, 0.05) is 6.20 Å². The summed E-state index contributed by atoms with van der Waals surface area (Å²) in [6.07, 6.45) is 1.46. The van der Waals surface area contributed by atoms with Crippen molar-refractivity contribution in [3.8, 4) is 6.07 Å². The highest BCUT2D eigenvalue weighted by molar-refractivity contribution is 7.91. The van der Waals surface area contributed by atoms with Crippen LogP contribution in [0.25, 0.3) is 0 Å². The molecule has 1 N–H and O–H groups in total. The summed E-state index contributed by atoms with van der Waals surface area (Å²) in [6, 6.07) is 11.4. The van der Waals surface area contributed by atoms with Crippen LogP contribution in [0.1, 0.15) is 11.1 Å². The molecule has 0 saturated heterocycles. The number of hydrogen-bond donors (Lipinski definition) is 1. The zero-order chi connectivity index (χ0) is 13.7. The first kappa shape index (κ1) is 13.0. The van der Waals surface area contributed by atoms with Gasteiger partial charge in [0.1, 0.15) is 0 Å². The molecule has 1 aromatic heterocycles. The molecule has 2 rings (SSSR count). The third-order valence-corrected chi connectivity index (χ3v) is 3.51. The Kier molecular flexibility index (Phi) is 3.73. The van der Waals surface area contributed by atoms with Crippen molar-refractivity contribution in [2.45, 2.75) is 5.75 Å². The highest BCUT2D eigenvalue weighted by Gasteiger charge is 2.12. The van der Waals surface area contributed by atoms with Gasteiger partial charge in [-0.3, -0.25) is 4.72 Å². The van der Waals surface area contributed by atoms with Crippen molar-refractivity contribution >= 4 is 15.8 Å². The predicted octanol–water partition coefficient (Wildman–Crippen LogP) is 1.29. The summed E-state index contributed by atoms with van der Waals surface area (Å²) in [4.78, 5) is 0. The maximum atomic E-state index is 11.9. The molecule has 0 aliphatic carbocycles. The van der Waals surface area contributed by atoms with Crippen molar-refractivity contribution in [2.24, 2.45) is 0 Å². The van der Waals surface area contributed by atoms with E-state index in [9.17, 15) is 8.42 Å². The molecule has 0 radical (unpaired) electrons. The third-order valence-electron chi connectivity index (χ3n) is 2.27. The quantitative estimate of drug-likeness (QED) is 0.906. The van der Waals surface area contributed by atoms with E-state index in [2.05, 4.69) is 14.9 Å². The summed E-state index contributed by atoms with van der Waals surface area (Å²) in [6.45, 7) is 0. The molecule has 0 unspecified atom stereocenters. The molecule has 0 fully saturated rings. The second-order valence-corrected chi connectivity index (χ2v) is 5.50. The highest BCUT2D eigenvalue weighted by atomic mass is 32.2. The molecule has 0 amide bonds. The Morgan fingerprint density at radius 1 is 1.21 bits per heavy atom. The molecule has 96 valence electrons. The summed E-state index contributed by atoms with van der Waals surface area (Å²) in [5.41, 5.74) is 1.08. The van der Waals surface area contributed by atoms with Crippen LogP contribution in [0.3, 0.4) is 0 Å². The van der Waals surface area contributed by atoms with E-state index in [0.29, 0.717) is 11.1 Å². The van der Waals surface area contributed by atoms with Crippen LogP contribution < -0.4 is 4.72 Å². The Labute approximate surface area is 110 Å². The average Bonchev–Trinajstić information content (AvgIpc) is 2.39. The minimum Gasteiger partial charge on any atom is -0.266 e. The summed E-state index contributed by atoms with van der Waals surface area (Å²) < 4.78 is 26.1. The van der Waals surface area contributed by atoms with Gasteiger partial charge < -0.3 is 0 Å². The number of hydrogen-bond acceptors (Lipinski definition) is 5. The van der Waals surface area contributed by atoms with E-state index in [-0.39, 0.29) is 11.6 Å². The summed E-state index contributed by atoms with van der Waals surface area (Å²) in [5, 5.41) is 15.9. The van der Waals surface area contributed by atoms with E-state index in [4.69, 9.17) is 5.26 Å². The Morgan fingerprint density at radius 3 is 2.53 bits per heavy atom. The maximum Gasteiger partial charge on any atom is 0.238 e. The van der Waals surface area contributed by atoms with Crippen molar-refractivity contribution < 1.29 is 8.42 Å². The van der Waals surface area contributed by atoms with E-state index >= 15 is 0 Å². The molecule has 0 bridgehead atoms. The van der Waals surface area contributed by atoms with Crippen LogP contribution in [0, 0.1) is 11.3 Å². The molecule has 0 atom stereocenters. The fourth-order valence-corrected chi connectivity index (χ4v) is 2.58. The van der Waals surface area contributed by atoms with Crippen LogP contribution in [-0.2, 0) is 15.8 Å². The Morgan fingerprint density at radius 2 is 1.95 bits per heavy atom. The zero-order valence-corrected chi connectivity index (χ0v) is 10.6. The van der Waals surface area contributed by atoms with Crippen molar-refractivity contribution in [3.05, 3.63) is 53.7 Å². The van der Waals surface area contributed by atoms with Gasteiger partial charge in [-0.05, 0) is 29.8 Å². The first-order chi connectivity index (χ1) is 9.09. The molecule has 6 nitrogen and oxygen atoms in total. The third kappa shape index (κ3) is 3.76. The molecular formula is C12H10N4O2S. The first-order valence-corrected chi connectivity index (χ1v) is 7.01. The van der Waals surface area contributed by atoms with Gasteiger partial charge in [0.05, 0.1) is 17.4 Å². The minimum absolute atomic E-state index is 0.177. The van der Waals surface area contributed by atoms with Crippen LogP contribution in [0.2, 0.25) is 0 Å². The van der Waals surface area contributed by atoms with Crippen molar-refractivity contribution in [1.29, 1.82) is 5.26 Å². The lowest BCUT2D eigenvalue weighted by Gasteiger charge is -2.06. The predicted molar refractivity (Wildman–Crippen MR) is 69.4 cm³/mol. The van der Waals surface area contributed by atoms with Crippen LogP contribution in [0.5, 0.6) is 0 Å². The van der Waals surface area contributed by atoms with E-state index in [1.54, 1.807) is 30.3 Å². The van der Waals surface area contributed by atoms with Gasteiger partial charge in [-0.2, -0.15) is 10.4 Å². The van der Waals surface area contributed by atoms with Crippen molar-refractivity contribution in [3.63, 3.8) is 0 Å². The van der Waals surface area contributed by atoms with Gasteiger partial charge in [0.25, 0.3) is 0 Å². The van der Waals surface area contributed by atoms with Gasteiger partial charge in [-0.25, -0.2) is 8.42 Å². The van der Waals surface area contributed by atoms with Crippen molar-refractivity contribution in [2.75, 3.05) is 4.72 Å². The van der Waals surface area contributed by atoms with Crippen LogP contribution in [-0.4, -0.2) is 18.6 Å². The maximum absolute atomic E-state index is 11.9. The lowest BCUT2D eigenvalue weighted by Crippen LogP contribution is -2.16. The number of nitrogens with one attached hydrogen (secondary N) is 1. The van der Waals surface area contributed by atoms with Gasteiger partial charge >= 0.3 is 0 Å². The monoisotopic (exact) mass is 274 g/mol. The SMILES string of the molecule is N#Cc1ccc(CS(=O)(=O)Nc2cccnn2)cc1. The molecule has 0 aliphatic rings. The average molecular weight is 274 g/mol. The number of sulfonamides is 1. The largest absolute Gasteiger partial charge is 0.266 e. The Bertz CT molecular complexity index is 691. The van der Waals surface area contributed by atoms with Gasteiger partial charge in [-0.15, -0.1) is 5.10 Å². The number of aromatic nitrogens is 2. The number of nitrogens with zero attached hydrogens (tertiary/aromatic N) is 3. The fourth-order valence-electron chi connectivity index (χ4n) is 1.45. The molecule has 7 heteroatoms. The molecule has 1 aromatic carbocycles. The normalized spacial score (nSPS) is 10.7.